The van der Waals surface area contributed by atoms with E-state index in [2.05, 4.69) is 0 Å². The van der Waals surface area contributed by atoms with Crippen LogP contribution in [0.3, 0.4) is 0 Å². The maximum atomic E-state index is 10.6. The molecule has 0 fully saturated rings. The molecule has 0 saturated carbocycles. The maximum absolute atomic E-state index is 10.6. The second kappa shape index (κ2) is 6.89. The van der Waals surface area contributed by atoms with Crippen molar-refractivity contribution in [2.45, 2.75) is 12.8 Å². The van der Waals surface area contributed by atoms with Gasteiger partial charge in [-0.2, -0.15) is 17.6 Å². The normalized spacial score (nSPS) is 11.8. The first-order valence-corrected chi connectivity index (χ1v) is 2.25. The zero-order chi connectivity index (χ0) is 10.3. The van der Waals surface area contributed by atoms with E-state index >= 15 is 0 Å². The minimum absolute atomic E-state index is 2.91. The van der Waals surface area contributed by atoms with Gasteiger partial charge in [0, 0.05) is 0 Å². The Balaban J connectivity index is 0. The van der Waals surface area contributed by atoms with Crippen LogP contribution in [0.2, 0.25) is 0 Å². The number of hydrogen-bond donors (Lipinski definition) is 1. The van der Waals surface area contributed by atoms with Crippen LogP contribution >= 0.6 is 0 Å². The lowest BCUT2D eigenvalue weighted by atomic mass is 10.7. The lowest BCUT2D eigenvalue weighted by Crippen LogP contribution is -2.08. The van der Waals surface area contributed by atoms with Crippen LogP contribution in [0.5, 0.6) is 0 Å². The van der Waals surface area contributed by atoms with E-state index in [0.717, 1.165) is 0 Å². The molecule has 0 radical (unpaired) electrons. The SMILES string of the molecule is FC(F)=C(F)F.OC(F)C(F)F. The van der Waals surface area contributed by atoms with Crippen molar-refractivity contribution in [2.75, 3.05) is 0 Å². The smallest absolute Gasteiger partial charge is 0.334 e. The minimum atomic E-state index is -3.26. The van der Waals surface area contributed by atoms with Gasteiger partial charge in [-0.1, -0.05) is 0 Å². The molecule has 0 spiro atoms. The van der Waals surface area contributed by atoms with Crippen LogP contribution in [-0.4, -0.2) is 17.9 Å². The van der Waals surface area contributed by atoms with Crippen molar-refractivity contribution < 1.29 is 35.8 Å². The Bertz CT molecular complexity index is 118. The van der Waals surface area contributed by atoms with Crippen LogP contribution in [0, 0.1) is 0 Å². The van der Waals surface area contributed by atoms with Gasteiger partial charge in [-0.25, -0.2) is 13.2 Å². The second-order valence-electron chi connectivity index (χ2n) is 1.23. The summed E-state index contributed by atoms with van der Waals surface area (Å²) in [6.07, 6.45) is -12.1. The first-order valence-electron chi connectivity index (χ1n) is 2.25. The molecule has 0 aliphatic carbocycles. The van der Waals surface area contributed by atoms with Gasteiger partial charge >= 0.3 is 12.2 Å². The van der Waals surface area contributed by atoms with Crippen LogP contribution in [0.25, 0.3) is 0 Å². The fourth-order valence-corrected chi connectivity index (χ4v) is 0. The Morgan fingerprint density at radius 3 is 1.00 bits per heavy atom. The van der Waals surface area contributed by atoms with E-state index in [1.54, 1.807) is 0 Å². The van der Waals surface area contributed by atoms with Gasteiger partial charge in [-0.3, -0.25) is 0 Å². The summed E-state index contributed by atoms with van der Waals surface area (Å²) in [5.74, 6) is 0. The molecule has 74 valence electrons. The molecule has 0 heterocycles. The summed E-state index contributed by atoms with van der Waals surface area (Å²) in [5, 5.41) is 7.21. The van der Waals surface area contributed by atoms with E-state index in [1.807, 2.05) is 0 Å². The lowest BCUT2D eigenvalue weighted by Gasteiger charge is -1.92. The predicted molar refractivity (Wildman–Crippen MR) is 24.6 cm³/mol. The highest BCUT2D eigenvalue weighted by atomic mass is 19.3. The van der Waals surface area contributed by atoms with E-state index in [4.69, 9.17) is 5.11 Å². The van der Waals surface area contributed by atoms with E-state index in [9.17, 15) is 30.7 Å². The average molecular weight is 200 g/mol. The zero-order valence-electron chi connectivity index (χ0n) is 5.25. The summed E-state index contributed by atoms with van der Waals surface area (Å²) in [5.41, 5.74) is 0. The number of hydrogen-bond acceptors (Lipinski definition) is 1. The van der Waals surface area contributed by atoms with Crippen molar-refractivity contribution in [2.24, 2.45) is 0 Å². The highest BCUT2D eigenvalue weighted by molar-refractivity contribution is 4.77. The fraction of sp³-hybridized carbons (Fsp3) is 0.500. The molecule has 0 aromatic rings. The summed E-state index contributed by atoms with van der Waals surface area (Å²) in [6.45, 7) is 0. The molecule has 0 aromatic heterocycles. The van der Waals surface area contributed by atoms with Gasteiger partial charge in [0.2, 0.25) is 0 Å². The number of halogens is 7. The van der Waals surface area contributed by atoms with E-state index in [1.165, 1.54) is 0 Å². The Morgan fingerprint density at radius 2 is 1.00 bits per heavy atom. The number of aliphatic hydroxyl groups is 1. The van der Waals surface area contributed by atoms with Crippen molar-refractivity contribution in [1.29, 1.82) is 0 Å². The van der Waals surface area contributed by atoms with Crippen LogP contribution in [-0.2, 0) is 0 Å². The standard InChI is InChI=1S/C2F4.C2H3F3O/c2*3-1(4)2(5)6/h;1-2,6H. The zero-order valence-corrected chi connectivity index (χ0v) is 5.25. The molecule has 0 aliphatic rings. The quantitative estimate of drug-likeness (QED) is 0.644. The summed E-state index contributed by atoms with van der Waals surface area (Å²) in [7, 11) is 0. The minimum Gasteiger partial charge on any atom is -0.360 e. The molecule has 0 amide bonds. The molecule has 1 N–H and O–H groups in total. The molecule has 0 rings (SSSR count). The molecule has 1 nitrogen and oxygen atoms in total. The van der Waals surface area contributed by atoms with Gasteiger partial charge < -0.3 is 5.11 Å². The van der Waals surface area contributed by atoms with E-state index in [-0.39, 0.29) is 0 Å². The van der Waals surface area contributed by atoms with Crippen molar-refractivity contribution in [1.82, 2.24) is 0 Å². The lowest BCUT2D eigenvalue weighted by molar-refractivity contribution is -0.0843. The first kappa shape index (κ1) is 13.8. The third-order valence-electron chi connectivity index (χ3n) is 0.351. The second-order valence-corrected chi connectivity index (χ2v) is 1.23. The van der Waals surface area contributed by atoms with Crippen LogP contribution in [0.1, 0.15) is 0 Å². The highest BCUT2D eigenvalue weighted by Crippen LogP contribution is 2.08. The Kier molecular flexibility index (Phi) is 7.91. The summed E-state index contributed by atoms with van der Waals surface area (Å²) < 4.78 is 72.8. The van der Waals surface area contributed by atoms with Crippen LogP contribution < -0.4 is 0 Å². The van der Waals surface area contributed by atoms with Crippen molar-refractivity contribution in [3.8, 4) is 0 Å². The molecule has 1 unspecified atom stereocenters. The molecule has 0 aliphatic heterocycles. The Hall–Kier alpha value is -0.790. The highest BCUT2D eigenvalue weighted by Gasteiger charge is 2.12. The average Bonchev–Trinajstić information content (AvgIpc) is 1.88. The molecule has 0 bridgehead atoms. The van der Waals surface area contributed by atoms with Gasteiger partial charge in [-0.15, -0.1) is 0 Å². The maximum Gasteiger partial charge on any atom is 0.334 e. The monoisotopic (exact) mass is 200 g/mol. The molecule has 8 heteroatoms. The molecular weight excluding hydrogens is 197 g/mol. The van der Waals surface area contributed by atoms with Crippen molar-refractivity contribution in [3.05, 3.63) is 12.2 Å². The third-order valence-corrected chi connectivity index (χ3v) is 0.351. The summed E-state index contributed by atoms with van der Waals surface area (Å²) in [6, 6.07) is 0. The summed E-state index contributed by atoms with van der Waals surface area (Å²) >= 11 is 0. The van der Waals surface area contributed by atoms with E-state index < -0.39 is 24.9 Å². The van der Waals surface area contributed by atoms with Crippen molar-refractivity contribution >= 4 is 0 Å². The molecular formula is C4H3F7O. The van der Waals surface area contributed by atoms with Gasteiger partial charge in [-0.05, 0) is 0 Å². The van der Waals surface area contributed by atoms with Crippen LogP contribution in [0.15, 0.2) is 12.2 Å². The summed E-state index contributed by atoms with van der Waals surface area (Å²) in [4.78, 5) is 0. The fourth-order valence-electron chi connectivity index (χ4n) is 0. The molecule has 0 aromatic carbocycles. The first-order chi connectivity index (χ1) is 5.29. The Labute approximate surface area is 62.1 Å². The number of aliphatic hydroxyl groups excluding tert-OH is 1. The van der Waals surface area contributed by atoms with Gasteiger partial charge in [0.15, 0.2) is 0 Å². The third kappa shape index (κ3) is 11.9. The van der Waals surface area contributed by atoms with Crippen molar-refractivity contribution in [3.63, 3.8) is 0 Å². The predicted octanol–water partition coefficient (Wildman–Crippen LogP) is 2.53. The van der Waals surface area contributed by atoms with Gasteiger partial charge in [0.05, 0.1) is 0 Å². The van der Waals surface area contributed by atoms with Gasteiger partial charge in [0.1, 0.15) is 0 Å². The van der Waals surface area contributed by atoms with Crippen LogP contribution in [0.4, 0.5) is 30.7 Å². The molecule has 0 saturated heterocycles. The number of rotatable bonds is 1. The Morgan fingerprint density at radius 1 is 0.833 bits per heavy atom. The van der Waals surface area contributed by atoms with Gasteiger partial charge in [0.25, 0.3) is 12.8 Å². The molecule has 1 atom stereocenters. The van der Waals surface area contributed by atoms with E-state index in [0.29, 0.717) is 0 Å². The largest absolute Gasteiger partial charge is 0.360 e. The molecule has 12 heavy (non-hydrogen) atoms. The topological polar surface area (TPSA) is 20.2 Å². The number of alkyl halides is 3.